The van der Waals surface area contributed by atoms with Crippen LogP contribution in [0.3, 0.4) is 0 Å². The molecule has 1 saturated heterocycles. The van der Waals surface area contributed by atoms with E-state index in [1.165, 1.54) is 0 Å². The van der Waals surface area contributed by atoms with Gasteiger partial charge in [-0.1, -0.05) is 6.07 Å². The molecule has 0 radical (unpaired) electrons. The van der Waals surface area contributed by atoms with Gasteiger partial charge in [0.2, 0.25) is 0 Å². The number of pyridine rings is 1. The third kappa shape index (κ3) is 2.89. The summed E-state index contributed by atoms with van der Waals surface area (Å²) in [6.45, 7) is 4.54. The zero-order valence-electron chi connectivity index (χ0n) is 11.7. The number of carbonyl (C=O) groups excluding carboxylic acids is 1. The number of carbonyl (C=O) groups is 2. The summed E-state index contributed by atoms with van der Waals surface area (Å²) in [6.07, 6.45) is 2.19. The maximum atomic E-state index is 12.1. The first kappa shape index (κ1) is 14.3. The quantitative estimate of drug-likeness (QED) is 0.874. The number of nitrogens with one attached hydrogen (secondary N) is 1. The second-order valence-electron chi connectivity index (χ2n) is 5.09. The van der Waals surface area contributed by atoms with Gasteiger partial charge >= 0.3 is 12.0 Å². The Morgan fingerprint density at radius 2 is 2.30 bits per heavy atom. The minimum atomic E-state index is -0.839. The molecule has 2 unspecified atom stereocenters. The van der Waals surface area contributed by atoms with Gasteiger partial charge in [0.05, 0.1) is 18.2 Å². The van der Waals surface area contributed by atoms with Gasteiger partial charge in [-0.15, -0.1) is 0 Å². The van der Waals surface area contributed by atoms with Gasteiger partial charge in [-0.25, -0.2) is 4.79 Å². The maximum absolute atomic E-state index is 12.1. The van der Waals surface area contributed by atoms with Crippen molar-refractivity contribution in [3.8, 4) is 0 Å². The molecule has 108 valence electrons. The van der Waals surface area contributed by atoms with E-state index in [0.29, 0.717) is 19.5 Å². The first-order valence-electron chi connectivity index (χ1n) is 6.68. The molecule has 0 aromatic carbocycles. The monoisotopic (exact) mass is 277 g/mol. The number of aryl methyl sites for hydroxylation is 1. The fourth-order valence-electron chi connectivity index (χ4n) is 2.52. The standard InChI is InChI=1S/C14H19N3O3/c1-9-4-3-6-15-12(9)8-16-14(20)17-7-5-11(10(17)2)13(18)19/h3-4,6,10-11H,5,7-8H2,1-2H3,(H,16,20)(H,18,19). The van der Waals surface area contributed by atoms with Crippen molar-refractivity contribution in [1.82, 2.24) is 15.2 Å². The van der Waals surface area contributed by atoms with E-state index in [0.717, 1.165) is 11.3 Å². The van der Waals surface area contributed by atoms with Gasteiger partial charge in [0.1, 0.15) is 0 Å². The Morgan fingerprint density at radius 1 is 1.55 bits per heavy atom. The number of rotatable bonds is 3. The largest absolute Gasteiger partial charge is 0.481 e. The molecule has 1 aromatic rings. The predicted octanol–water partition coefficient (Wildman–Crippen LogP) is 1.39. The molecule has 0 bridgehead atoms. The average Bonchev–Trinajstić information content (AvgIpc) is 2.79. The first-order chi connectivity index (χ1) is 9.50. The van der Waals surface area contributed by atoms with Crippen molar-refractivity contribution < 1.29 is 14.7 Å². The number of nitrogens with zero attached hydrogens (tertiary/aromatic N) is 2. The molecule has 2 heterocycles. The SMILES string of the molecule is Cc1cccnc1CNC(=O)N1CCC(C(=O)O)C1C. The van der Waals surface area contributed by atoms with E-state index in [1.54, 1.807) is 18.0 Å². The minimum Gasteiger partial charge on any atom is -0.481 e. The van der Waals surface area contributed by atoms with Crippen molar-refractivity contribution in [1.29, 1.82) is 0 Å². The fourth-order valence-corrected chi connectivity index (χ4v) is 2.52. The molecule has 2 N–H and O–H groups in total. The van der Waals surface area contributed by atoms with Gasteiger partial charge in [0.15, 0.2) is 0 Å². The Hall–Kier alpha value is -2.11. The van der Waals surface area contributed by atoms with E-state index in [1.807, 2.05) is 19.1 Å². The number of likely N-dealkylation sites (tertiary alicyclic amines) is 1. The molecule has 6 nitrogen and oxygen atoms in total. The van der Waals surface area contributed by atoms with Gasteiger partial charge in [-0.3, -0.25) is 9.78 Å². The van der Waals surface area contributed by atoms with Crippen LogP contribution in [0.4, 0.5) is 4.79 Å². The topological polar surface area (TPSA) is 82.5 Å². The summed E-state index contributed by atoms with van der Waals surface area (Å²) in [6, 6.07) is 3.28. The third-order valence-electron chi connectivity index (χ3n) is 3.86. The number of carboxylic acid groups (broad SMARTS) is 1. The van der Waals surface area contributed by atoms with E-state index in [4.69, 9.17) is 5.11 Å². The Labute approximate surface area is 117 Å². The Morgan fingerprint density at radius 3 is 2.90 bits per heavy atom. The van der Waals surface area contributed by atoms with E-state index < -0.39 is 11.9 Å². The molecule has 2 rings (SSSR count). The number of amides is 2. The van der Waals surface area contributed by atoms with Crippen LogP contribution in [0.25, 0.3) is 0 Å². The summed E-state index contributed by atoms with van der Waals surface area (Å²) in [5.41, 5.74) is 1.84. The summed E-state index contributed by atoms with van der Waals surface area (Å²) in [7, 11) is 0. The number of urea groups is 1. The van der Waals surface area contributed by atoms with Crippen LogP contribution in [0, 0.1) is 12.8 Å². The molecular weight excluding hydrogens is 258 g/mol. The summed E-state index contributed by atoms with van der Waals surface area (Å²) in [4.78, 5) is 28.9. The minimum absolute atomic E-state index is 0.230. The number of carboxylic acids is 1. The number of hydrogen-bond donors (Lipinski definition) is 2. The number of hydrogen-bond acceptors (Lipinski definition) is 3. The zero-order chi connectivity index (χ0) is 14.7. The van der Waals surface area contributed by atoms with Crippen molar-refractivity contribution in [2.45, 2.75) is 32.9 Å². The van der Waals surface area contributed by atoms with Crippen LogP contribution in [0.1, 0.15) is 24.6 Å². The van der Waals surface area contributed by atoms with E-state index in [2.05, 4.69) is 10.3 Å². The van der Waals surface area contributed by atoms with Crippen molar-refractivity contribution >= 4 is 12.0 Å². The number of aliphatic carboxylic acids is 1. The lowest BCUT2D eigenvalue weighted by atomic mass is 10.0. The molecular formula is C14H19N3O3. The van der Waals surface area contributed by atoms with Crippen molar-refractivity contribution in [2.24, 2.45) is 5.92 Å². The van der Waals surface area contributed by atoms with Crippen LogP contribution in [-0.4, -0.2) is 39.6 Å². The summed E-state index contributed by atoms with van der Waals surface area (Å²) in [5, 5.41) is 11.9. The van der Waals surface area contributed by atoms with Crippen molar-refractivity contribution in [3.05, 3.63) is 29.6 Å². The lowest BCUT2D eigenvalue weighted by molar-refractivity contribution is -0.142. The second-order valence-corrected chi connectivity index (χ2v) is 5.09. The second kappa shape index (κ2) is 5.90. The van der Waals surface area contributed by atoms with E-state index in [9.17, 15) is 9.59 Å². The Balaban J connectivity index is 1.93. The fraction of sp³-hybridized carbons (Fsp3) is 0.500. The summed E-state index contributed by atoms with van der Waals surface area (Å²) >= 11 is 0. The molecule has 20 heavy (non-hydrogen) atoms. The lowest BCUT2D eigenvalue weighted by Crippen LogP contribution is -2.43. The third-order valence-corrected chi connectivity index (χ3v) is 3.86. The smallest absolute Gasteiger partial charge is 0.317 e. The Kier molecular flexibility index (Phi) is 4.22. The summed E-state index contributed by atoms with van der Waals surface area (Å²) in [5.74, 6) is -1.31. The van der Waals surface area contributed by atoms with Crippen LogP contribution in [0.15, 0.2) is 18.3 Å². The molecule has 0 spiro atoms. The molecule has 0 saturated carbocycles. The highest BCUT2D eigenvalue weighted by Crippen LogP contribution is 2.24. The van der Waals surface area contributed by atoms with Crippen molar-refractivity contribution in [3.63, 3.8) is 0 Å². The molecule has 1 aliphatic rings. The van der Waals surface area contributed by atoms with Crippen LogP contribution in [0.5, 0.6) is 0 Å². The predicted molar refractivity (Wildman–Crippen MR) is 73.1 cm³/mol. The highest BCUT2D eigenvalue weighted by atomic mass is 16.4. The highest BCUT2D eigenvalue weighted by molar-refractivity contribution is 5.78. The summed E-state index contributed by atoms with van der Waals surface area (Å²) < 4.78 is 0. The number of aromatic nitrogens is 1. The Bertz CT molecular complexity index is 518. The maximum Gasteiger partial charge on any atom is 0.317 e. The van der Waals surface area contributed by atoms with Gasteiger partial charge in [-0.05, 0) is 31.9 Å². The average molecular weight is 277 g/mol. The lowest BCUT2D eigenvalue weighted by Gasteiger charge is -2.23. The van der Waals surface area contributed by atoms with E-state index >= 15 is 0 Å². The first-order valence-corrected chi connectivity index (χ1v) is 6.68. The molecule has 2 atom stereocenters. The molecule has 1 fully saturated rings. The van der Waals surface area contributed by atoms with Gasteiger partial charge in [-0.2, -0.15) is 0 Å². The normalized spacial score (nSPS) is 21.8. The molecule has 6 heteroatoms. The molecule has 1 aliphatic heterocycles. The molecule has 0 aliphatic carbocycles. The van der Waals surface area contributed by atoms with Crippen LogP contribution >= 0.6 is 0 Å². The van der Waals surface area contributed by atoms with E-state index in [-0.39, 0.29) is 12.1 Å². The van der Waals surface area contributed by atoms with Gasteiger partial charge in [0.25, 0.3) is 0 Å². The molecule has 1 aromatic heterocycles. The van der Waals surface area contributed by atoms with Crippen molar-refractivity contribution in [2.75, 3.05) is 6.54 Å². The highest BCUT2D eigenvalue weighted by Gasteiger charge is 2.37. The molecule has 2 amide bonds. The van der Waals surface area contributed by atoms with Crippen LogP contribution in [-0.2, 0) is 11.3 Å². The van der Waals surface area contributed by atoms with Gasteiger partial charge < -0.3 is 15.3 Å². The van der Waals surface area contributed by atoms with Crippen LogP contribution < -0.4 is 5.32 Å². The zero-order valence-corrected chi connectivity index (χ0v) is 11.7. The van der Waals surface area contributed by atoms with Crippen LogP contribution in [0.2, 0.25) is 0 Å². The van der Waals surface area contributed by atoms with Gasteiger partial charge in [0, 0.05) is 18.8 Å².